The molecule has 0 spiro atoms. The van der Waals surface area contributed by atoms with Crippen LogP contribution in [0, 0.1) is 5.92 Å². The van der Waals surface area contributed by atoms with Crippen molar-refractivity contribution in [1.82, 2.24) is 5.32 Å². The summed E-state index contributed by atoms with van der Waals surface area (Å²) in [4.78, 5) is 11.9. The summed E-state index contributed by atoms with van der Waals surface area (Å²) in [5, 5.41) is 13.1. The zero-order valence-corrected chi connectivity index (χ0v) is 13.0. The van der Waals surface area contributed by atoms with Gasteiger partial charge in [0.1, 0.15) is 5.54 Å². The molecule has 3 aliphatic rings. The molecule has 0 aromatic carbocycles. The van der Waals surface area contributed by atoms with E-state index in [1.807, 2.05) is 0 Å². The molecule has 3 atom stereocenters. The molecule has 5 nitrogen and oxygen atoms in total. The van der Waals surface area contributed by atoms with E-state index in [-0.39, 0.29) is 30.8 Å². The van der Waals surface area contributed by atoms with E-state index in [0.717, 1.165) is 38.5 Å². The third-order valence-electron chi connectivity index (χ3n) is 4.90. The average molecular weight is 297 g/mol. The largest absolute Gasteiger partial charge is 0.480 e. The predicted octanol–water partition coefficient (Wildman–Crippen LogP) is 1.94. The first-order valence-corrected chi connectivity index (χ1v) is 8.28. The van der Waals surface area contributed by atoms with E-state index in [4.69, 9.17) is 9.47 Å². The molecule has 21 heavy (non-hydrogen) atoms. The van der Waals surface area contributed by atoms with Gasteiger partial charge in [-0.15, -0.1) is 0 Å². The Kier molecular flexibility index (Phi) is 4.26. The second-order valence-corrected chi connectivity index (χ2v) is 7.13. The molecule has 1 saturated heterocycles. The minimum absolute atomic E-state index is 0.113. The third kappa shape index (κ3) is 3.58. The van der Waals surface area contributed by atoms with Crippen molar-refractivity contribution in [3.63, 3.8) is 0 Å². The number of hydrogen-bond acceptors (Lipinski definition) is 4. The summed E-state index contributed by atoms with van der Waals surface area (Å²) in [7, 11) is 0. The lowest BCUT2D eigenvalue weighted by atomic mass is 9.93. The molecule has 2 N–H and O–H groups in total. The minimum Gasteiger partial charge on any atom is -0.480 e. The normalized spacial score (nSPS) is 36.2. The highest BCUT2D eigenvalue weighted by Crippen LogP contribution is 2.42. The molecule has 3 fully saturated rings. The van der Waals surface area contributed by atoms with Crippen LogP contribution in [0.3, 0.4) is 0 Å². The van der Waals surface area contributed by atoms with E-state index >= 15 is 0 Å². The first-order chi connectivity index (χ1) is 9.99. The van der Waals surface area contributed by atoms with Crippen LogP contribution in [0.5, 0.6) is 0 Å². The van der Waals surface area contributed by atoms with Crippen molar-refractivity contribution in [2.75, 3.05) is 6.61 Å². The maximum absolute atomic E-state index is 11.9. The molecule has 5 heteroatoms. The molecule has 0 aromatic heterocycles. The van der Waals surface area contributed by atoms with Crippen molar-refractivity contribution in [3.05, 3.63) is 0 Å². The van der Waals surface area contributed by atoms with Crippen LogP contribution in [-0.2, 0) is 14.3 Å². The predicted molar refractivity (Wildman–Crippen MR) is 78.2 cm³/mol. The highest BCUT2D eigenvalue weighted by Gasteiger charge is 2.53. The summed E-state index contributed by atoms with van der Waals surface area (Å²) >= 11 is 0. The second-order valence-electron chi connectivity index (χ2n) is 7.13. The van der Waals surface area contributed by atoms with Gasteiger partial charge < -0.3 is 14.6 Å². The van der Waals surface area contributed by atoms with Gasteiger partial charge in [0.15, 0.2) is 0 Å². The van der Waals surface area contributed by atoms with Crippen molar-refractivity contribution in [1.29, 1.82) is 0 Å². The Morgan fingerprint density at radius 2 is 1.86 bits per heavy atom. The molecular weight excluding hydrogens is 270 g/mol. The van der Waals surface area contributed by atoms with Gasteiger partial charge in [-0.2, -0.15) is 0 Å². The summed E-state index contributed by atoms with van der Waals surface area (Å²) in [5.41, 5.74) is -0.869. The molecule has 2 saturated carbocycles. The summed E-state index contributed by atoms with van der Waals surface area (Å²) in [6.45, 7) is 4.40. The molecule has 1 aliphatic heterocycles. The standard InChI is InChI=1S/C16H27NO4/c1-10-7-14(8-11(2)21-10)20-9-16(15(18)19,12-3-4-12)17-13-5-6-13/h10-14,17H,3-9H2,1-2H3,(H,18,19). The quantitative estimate of drug-likeness (QED) is 0.752. The number of carbonyl (C=O) groups is 1. The Morgan fingerprint density at radius 1 is 1.24 bits per heavy atom. The Morgan fingerprint density at radius 3 is 2.33 bits per heavy atom. The number of aliphatic carboxylic acids is 1. The number of hydrogen-bond donors (Lipinski definition) is 2. The minimum atomic E-state index is -0.869. The van der Waals surface area contributed by atoms with E-state index in [0.29, 0.717) is 6.04 Å². The zero-order chi connectivity index (χ0) is 15.0. The molecule has 0 bridgehead atoms. The van der Waals surface area contributed by atoms with Crippen molar-refractivity contribution in [2.24, 2.45) is 5.92 Å². The fourth-order valence-corrected chi connectivity index (χ4v) is 3.47. The van der Waals surface area contributed by atoms with Gasteiger partial charge in [0, 0.05) is 6.04 Å². The maximum Gasteiger partial charge on any atom is 0.326 e. The fraction of sp³-hybridized carbons (Fsp3) is 0.938. The second kappa shape index (κ2) is 5.86. The Bertz CT molecular complexity index is 384. The molecule has 0 aromatic rings. The lowest BCUT2D eigenvalue weighted by molar-refractivity contribution is -0.154. The summed E-state index contributed by atoms with van der Waals surface area (Å²) in [6, 6.07) is 0.373. The molecule has 0 radical (unpaired) electrons. The van der Waals surface area contributed by atoms with Crippen LogP contribution >= 0.6 is 0 Å². The number of nitrogens with one attached hydrogen (secondary N) is 1. The van der Waals surface area contributed by atoms with Crippen molar-refractivity contribution >= 4 is 5.97 Å². The monoisotopic (exact) mass is 297 g/mol. The molecule has 2 aliphatic carbocycles. The Hall–Kier alpha value is -0.650. The Balaban J connectivity index is 1.62. The van der Waals surface area contributed by atoms with Gasteiger partial charge in [-0.3, -0.25) is 10.1 Å². The first-order valence-electron chi connectivity index (χ1n) is 8.28. The molecule has 0 amide bonds. The number of rotatable bonds is 7. The zero-order valence-electron chi connectivity index (χ0n) is 13.0. The van der Waals surface area contributed by atoms with Gasteiger partial charge in [-0.1, -0.05) is 0 Å². The van der Waals surface area contributed by atoms with E-state index in [2.05, 4.69) is 19.2 Å². The molecule has 1 heterocycles. The van der Waals surface area contributed by atoms with Crippen LogP contribution in [0.25, 0.3) is 0 Å². The van der Waals surface area contributed by atoms with Gasteiger partial charge in [-0.05, 0) is 58.3 Å². The summed E-state index contributed by atoms with van der Waals surface area (Å²) < 4.78 is 11.8. The molecule has 120 valence electrons. The maximum atomic E-state index is 11.9. The van der Waals surface area contributed by atoms with Gasteiger partial charge in [0.05, 0.1) is 24.9 Å². The van der Waals surface area contributed by atoms with E-state index in [1.165, 1.54) is 0 Å². The average Bonchev–Trinajstić information content (AvgIpc) is 3.24. The van der Waals surface area contributed by atoms with Gasteiger partial charge in [0.25, 0.3) is 0 Å². The lowest BCUT2D eigenvalue weighted by Crippen LogP contribution is -2.59. The molecule has 3 unspecified atom stereocenters. The Labute approximate surface area is 126 Å². The number of ether oxygens (including phenoxy) is 2. The topological polar surface area (TPSA) is 67.8 Å². The van der Waals surface area contributed by atoms with Crippen LogP contribution in [0.1, 0.15) is 52.4 Å². The highest BCUT2D eigenvalue weighted by molar-refractivity contribution is 5.80. The van der Waals surface area contributed by atoms with Crippen LogP contribution in [-0.4, -0.2) is 47.6 Å². The van der Waals surface area contributed by atoms with Crippen LogP contribution in [0.4, 0.5) is 0 Å². The summed E-state index contributed by atoms with van der Waals surface area (Å²) in [6.07, 6.45) is 6.38. The molecular formula is C16H27NO4. The van der Waals surface area contributed by atoms with Crippen molar-refractivity contribution < 1.29 is 19.4 Å². The van der Waals surface area contributed by atoms with E-state index in [1.54, 1.807) is 0 Å². The van der Waals surface area contributed by atoms with Crippen molar-refractivity contribution in [3.8, 4) is 0 Å². The number of carboxylic acid groups (broad SMARTS) is 1. The van der Waals surface area contributed by atoms with Crippen LogP contribution in [0.15, 0.2) is 0 Å². The van der Waals surface area contributed by atoms with Gasteiger partial charge >= 0.3 is 5.97 Å². The van der Waals surface area contributed by atoms with E-state index in [9.17, 15) is 9.90 Å². The van der Waals surface area contributed by atoms with Crippen LogP contribution < -0.4 is 5.32 Å². The third-order valence-corrected chi connectivity index (χ3v) is 4.90. The lowest BCUT2D eigenvalue weighted by Gasteiger charge is -2.36. The summed E-state index contributed by atoms with van der Waals surface area (Å²) in [5.74, 6) is -0.518. The smallest absolute Gasteiger partial charge is 0.326 e. The molecule has 3 rings (SSSR count). The van der Waals surface area contributed by atoms with Gasteiger partial charge in [0.2, 0.25) is 0 Å². The van der Waals surface area contributed by atoms with Crippen molar-refractivity contribution in [2.45, 2.75) is 82.3 Å². The fourth-order valence-electron chi connectivity index (χ4n) is 3.47. The number of carboxylic acids is 1. The van der Waals surface area contributed by atoms with E-state index < -0.39 is 11.5 Å². The van der Waals surface area contributed by atoms with Gasteiger partial charge in [-0.25, -0.2) is 0 Å². The SMILES string of the molecule is CC1CC(OCC(NC2CC2)(C(=O)O)C2CC2)CC(C)O1. The highest BCUT2D eigenvalue weighted by atomic mass is 16.5. The van der Waals surface area contributed by atoms with Crippen LogP contribution in [0.2, 0.25) is 0 Å². The first kappa shape index (κ1) is 15.3.